The number of halogens is 1. The van der Waals surface area contributed by atoms with E-state index in [1.807, 2.05) is 6.07 Å². The van der Waals surface area contributed by atoms with Gasteiger partial charge in [0.25, 0.3) is 5.89 Å². The summed E-state index contributed by atoms with van der Waals surface area (Å²) >= 11 is 3.44. The molecule has 0 aliphatic carbocycles. The van der Waals surface area contributed by atoms with Gasteiger partial charge in [0.2, 0.25) is 5.82 Å². The van der Waals surface area contributed by atoms with Crippen molar-refractivity contribution in [2.45, 2.75) is 6.92 Å². The Balaban J connectivity index is 2.04. The van der Waals surface area contributed by atoms with E-state index in [1.54, 1.807) is 31.3 Å². The number of nitrogens with zero attached hydrogens (tertiary/aromatic N) is 4. The second kappa shape index (κ2) is 5.01. The summed E-state index contributed by atoms with van der Waals surface area (Å²) in [5, 5.41) is 3.94. The van der Waals surface area contributed by atoms with Crippen LogP contribution in [0.1, 0.15) is 5.82 Å². The molecule has 0 atom stereocenters. The number of hydrogen-bond donors (Lipinski definition) is 1. The van der Waals surface area contributed by atoms with Gasteiger partial charge in [-0.3, -0.25) is 0 Å². The first kappa shape index (κ1) is 12.7. The summed E-state index contributed by atoms with van der Waals surface area (Å²) in [7, 11) is 0. The molecule has 0 fully saturated rings. The molecule has 0 radical (unpaired) electrons. The number of aromatic nitrogens is 4. The summed E-state index contributed by atoms with van der Waals surface area (Å²) < 4.78 is 6.11. The van der Waals surface area contributed by atoms with Crippen LogP contribution in [0.25, 0.3) is 23.0 Å². The van der Waals surface area contributed by atoms with Crippen molar-refractivity contribution in [3.8, 4) is 23.0 Å². The maximum atomic E-state index is 5.77. The van der Waals surface area contributed by atoms with E-state index in [9.17, 15) is 0 Å². The van der Waals surface area contributed by atoms with Gasteiger partial charge >= 0.3 is 0 Å². The van der Waals surface area contributed by atoms with Crippen LogP contribution in [0.5, 0.6) is 0 Å². The molecule has 0 amide bonds. The lowest BCUT2D eigenvalue weighted by Gasteiger charge is -1.99. The molecule has 0 aliphatic heterocycles. The van der Waals surface area contributed by atoms with Gasteiger partial charge in [0.15, 0.2) is 0 Å². The largest absolute Gasteiger partial charge is 0.399 e. The van der Waals surface area contributed by atoms with Gasteiger partial charge in [0.05, 0.1) is 5.56 Å². The van der Waals surface area contributed by atoms with Crippen LogP contribution in [-0.2, 0) is 0 Å². The smallest absolute Gasteiger partial charge is 0.259 e. The van der Waals surface area contributed by atoms with Crippen LogP contribution in [0.2, 0.25) is 0 Å². The highest BCUT2D eigenvalue weighted by Gasteiger charge is 2.14. The van der Waals surface area contributed by atoms with Crippen molar-refractivity contribution >= 4 is 21.6 Å². The Bertz CT molecular complexity index is 771. The summed E-state index contributed by atoms with van der Waals surface area (Å²) in [6.07, 6.45) is 1.66. The molecule has 3 aromatic rings. The minimum Gasteiger partial charge on any atom is -0.399 e. The average Bonchev–Trinajstić information content (AvgIpc) is 2.91. The third-order valence-electron chi connectivity index (χ3n) is 2.65. The second-order valence-corrected chi connectivity index (χ2v) is 5.01. The first-order valence-corrected chi connectivity index (χ1v) is 6.62. The number of nitrogen functional groups attached to an aromatic ring is 1. The molecule has 0 saturated carbocycles. The molecule has 6 nitrogen and oxygen atoms in total. The van der Waals surface area contributed by atoms with Crippen LogP contribution >= 0.6 is 15.9 Å². The molecule has 0 saturated heterocycles. The average molecular weight is 332 g/mol. The number of nitrogens with two attached hydrogens (primary N) is 1. The number of benzene rings is 1. The Hall–Kier alpha value is -2.28. The van der Waals surface area contributed by atoms with E-state index < -0.39 is 0 Å². The van der Waals surface area contributed by atoms with Crippen molar-refractivity contribution in [1.29, 1.82) is 0 Å². The third kappa shape index (κ3) is 2.39. The summed E-state index contributed by atoms with van der Waals surface area (Å²) in [6.45, 7) is 1.80. The van der Waals surface area contributed by atoms with Gasteiger partial charge in [-0.1, -0.05) is 5.16 Å². The predicted molar refractivity (Wildman–Crippen MR) is 77.6 cm³/mol. The molecule has 0 unspecified atom stereocenters. The Labute approximate surface area is 123 Å². The quantitative estimate of drug-likeness (QED) is 0.726. The second-order valence-electron chi connectivity index (χ2n) is 4.15. The molecular weight excluding hydrogens is 322 g/mol. The van der Waals surface area contributed by atoms with Crippen molar-refractivity contribution in [1.82, 2.24) is 20.1 Å². The highest BCUT2D eigenvalue weighted by atomic mass is 79.9. The number of hydrogen-bond acceptors (Lipinski definition) is 6. The highest BCUT2D eigenvalue weighted by Crippen LogP contribution is 2.29. The van der Waals surface area contributed by atoms with Crippen LogP contribution in [0.15, 0.2) is 39.5 Å². The first-order chi connectivity index (χ1) is 9.63. The molecule has 2 N–H and O–H groups in total. The molecule has 1 aromatic carbocycles. The van der Waals surface area contributed by atoms with Gasteiger partial charge in [-0.15, -0.1) is 0 Å². The summed E-state index contributed by atoms with van der Waals surface area (Å²) in [6, 6.07) is 7.13. The van der Waals surface area contributed by atoms with Crippen LogP contribution in [0.3, 0.4) is 0 Å². The Morgan fingerprint density at radius 1 is 1.20 bits per heavy atom. The normalized spacial score (nSPS) is 10.7. The van der Waals surface area contributed by atoms with Gasteiger partial charge in [-0.05, 0) is 47.1 Å². The minimum atomic E-state index is 0.385. The van der Waals surface area contributed by atoms with Gasteiger partial charge < -0.3 is 10.3 Å². The fourth-order valence-electron chi connectivity index (χ4n) is 1.72. The van der Waals surface area contributed by atoms with Gasteiger partial charge in [0, 0.05) is 16.4 Å². The molecule has 0 aliphatic rings. The summed E-state index contributed by atoms with van der Waals surface area (Å²) in [5.74, 6) is 1.45. The van der Waals surface area contributed by atoms with E-state index in [-0.39, 0.29) is 0 Å². The van der Waals surface area contributed by atoms with Crippen LogP contribution < -0.4 is 5.73 Å². The highest BCUT2D eigenvalue weighted by molar-refractivity contribution is 9.10. The zero-order valence-corrected chi connectivity index (χ0v) is 12.1. The molecule has 20 heavy (non-hydrogen) atoms. The minimum absolute atomic E-state index is 0.385. The first-order valence-electron chi connectivity index (χ1n) is 5.82. The molecule has 100 valence electrons. The summed E-state index contributed by atoms with van der Waals surface area (Å²) in [4.78, 5) is 12.6. The van der Waals surface area contributed by atoms with Crippen molar-refractivity contribution in [3.05, 3.63) is 40.8 Å². The lowest BCUT2D eigenvalue weighted by Crippen LogP contribution is -1.91. The van der Waals surface area contributed by atoms with Gasteiger partial charge in [-0.25, -0.2) is 9.97 Å². The van der Waals surface area contributed by atoms with Crippen LogP contribution in [0, 0.1) is 6.92 Å². The summed E-state index contributed by atoms with van der Waals surface area (Å²) in [5.41, 5.74) is 7.76. The fourth-order valence-corrected chi connectivity index (χ4v) is 2.14. The number of aryl methyl sites for hydroxylation is 1. The zero-order chi connectivity index (χ0) is 14.1. The van der Waals surface area contributed by atoms with Crippen molar-refractivity contribution in [2.24, 2.45) is 0 Å². The van der Waals surface area contributed by atoms with E-state index >= 15 is 0 Å². The molecule has 2 aromatic heterocycles. The molecular formula is C13H10BrN5O. The van der Waals surface area contributed by atoms with Crippen molar-refractivity contribution in [3.63, 3.8) is 0 Å². The lowest BCUT2D eigenvalue weighted by atomic mass is 10.2. The Morgan fingerprint density at radius 3 is 2.85 bits per heavy atom. The topological polar surface area (TPSA) is 90.7 Å². The number of rotatable bonds is 2. The molecule has 0 bridgehead atoms. The lowest BCUT2D eigenvalue weighted by molar-refractivity contribution is 0.432. The van der Waals surface area contributed by atoms with E-state index in [0.717, 1.165) is 10.0 Å². The zero-order valence-electron chi connectivity index (χ0n) is 10.5. The molecule has 3 rings (SSSR count). The fraction of sp³-hybridized carbons (Fsp3) is 0.0769. The SMILES string of the molecule is Cc1nccc(-c2noc(-c3cc(N)ccc3Br)n2)n1. The monoisotopic (exact) mass is 331 g/mol. The molecule has 0 spiro atoms. The molecule has 2 heterocycles. The van der Waals surface area contributed by atoms with Crippen LogP contribution in [0.4, 0.5) is 5.69 Å². The van der Waals surface area contributed by atoms with Crippen molar-refractivity contribution in [2.75, 3.05) is 5.73 Å². The van der Waals surface area contributed by atoms with Gasteiger partial charge in [-0.2, -0.15) is 4.98 Å². The van der Waals surface area contributed by atoms with E-state index in [0.29, 0.717) is 28.9 Å². The van der Waals surface area contributed by atoms with Gasteiger partial charge in [0.1, 0.15) is 11.5 Å². The maximum Gasteiger partial charge on any atom is 0.259 e. The molecule has 7 heteroatoms. The van der Waals surface area contributed by atoms with E-state index in [2.05, 4.69) is 36.0 Å². The third-order valence-corrected chi connectivity index (χ3v) is 3.34. The maximum absolute atomic E-state index is 5.77. The predicted octanol–water partition coefficient (Wildman–Crippen LogP) is 2.85. The van der Waals surface area contributed by atoms with Crippen molar-refractivity contribution < 1.29 is 4.52 Å². The van der Waals surface area contributed by atoms with E-state index in [1.165, 1.54) is 0 Å². The Morgan fingerprint density at radius 2 is 2.05 bits per heavy atom. The Kier molecular flexibility index (Phi) is 3.19. The standard InChI is InChI=1S/C13H10BrN5O/c1-7-16-5-4-11(17-7)12-18-13(20-19-12)9-6-8(15)2-3-10(9)14/h2-6H,15H2,1H3. The van der Waals surface area contributed by atoms with E-state index in [4.69, 9.17) is 10.3 Å². The number of anilines is 1. The van der Waals surface area contributed by atoms with Crippen LogP contribution in [-0.4, -0.2) is 20.1 Å².